The Labute approximate surface area is 140 Å². The number of benzene rings is 2. The van der Waals surface area contributed by atoms with Crippen LogP contribution in [-0.2, 0) is 6.42 Å². The van der Waals surface area contributed by atoms with Gasteiger partial charge in [0.05, 0.1) is 16.6 Å². The maximum Gasteiger partial charge on any atom is 0.272 e. The Bertz CT molecular complexity index is 737. The molecule has 0 atom stereocenters. The van der Waals surface area contributed by atoms with Gasteiger partial charge in [-0.15, -0.1) is 0 Å². The molecule has 1 amide bonds. The zero-order valence-electron chi connectivity index (χ0n) is 12.1. The quantitative estimate of drug-likeness (QED) is 0.469. The van der Waals surface area contributed by atoms with Gasteiger partial charge in [0.2, 0.25) is 0 Å². The molecule has 2 rings (SSSR count). The van der Waals surface area contributed by atoms with Crippen LogP contribution in [0.25, 0.3) is 0 Å². The fourth-order valence-electron chi connectivity index (χ4n) is 2.08. The van der Waals surface area contributed by atoms with Crippen LogP contribution in [0.5, 0.6) is 0 Å². The first-order valence-electron chi connectivity index (χ1n) is 6.94. The number of aryl methyl sites for hydroxylation is 1. The molecular weight excluding hydrogens is 367 g/mol. The third-order valence-electron chi connectivity index (χ3n) is 3.22. The number of carbonyl (C=O) groups is 1. The first-order chi connectivity index (χ1) is 11.0. The number of amides is 1. The van der Waals surface area contributed by atoms with Gasteiger partial charge in [-0.2, -0.15) is 0 Å². The second-order valence-corrected chi connectivity index (χ2v) is 5.83. The molecule has 0 fully saturated rings. The smallest absolute Gasteiger partial charge is 0.272 e. The predicted molar refractivity (Wildman–Crippen MR) is 87.9 cm³/mol. The first-order valence-corrected chi connectivity index (χ1v) is 7.73. The minimum atomic E-state index is -0.899. The van der Waals surface area contributed by atoms with Crippen molar-refractivity contribution in [2.75, 3.05) is 6.54 Å². The van der Waals surface area contributed by atoms with Crippen molar-refractivity contribution in [1.82, 2.24) is 5.32 Å². The normalized spacial score (nSPS) is 10.3. The van der Waals surface area contributed by atoms with Gasteiger partial charge < -0.3 is 5.32 Å². The Hall–Kier alpha value is -2.28. The van der Waals surface area contributed by atoms with Crippen molar-refractivity contribution < 1.29 is 14.1 Å². The lowest BCUT2D eigenvalue weighted by Gasteiger charge is -2.06. The van der Waals surface area contributed by atoms with E-state index in [9.17, 15) is 19.3 Å². The molecule has 0 radical (unpaired) electrons. The molecule has 0 heterocycles. The highest BCUT2D eigenvalue weighted by molar-refractivity contribution is 9.10. The maximum atomic E-state index is 13.7. The Kier molecular flexibility index (Phi) is 5.81. The summed E-state index contributed by atoms with van der Waals surface area (Å²) >= 11 is 3.39. The number of nitro groups is 1. The number of nitrogens with one attached hydrogen (secondary N) is 1. The Morgan fingerprint density at radius 3 is 2.70 bits per heavy atom. The minimum absolute atomic E-state index is 0.196. The van der Waals surface area contributed by atoms with Gasteiger partial charge in [0.25, 0.3) is 11.6 Å². The molecule has 120 valence electrons. The molecule has 0 spiro atoms. The van der Waals surface area contributed by atoms with E-state index in [0.29, 0.717) is 13.0 Å². The van der Waals surface area contributed by atoms with E-state index in [-0.39, 0.29) is 11.3 Å². The van der Waals surface area contributed by atoms with Crippen LogP contribution in [0, 0.1) is 15.9 Å². The number of carbonyl (C=O) groups excluding carboxylic acids is 1. The molecule has 0 bridgehead atoms. The fraction of sp³-hybridized carbons (Fsp3) is 0.188. The van der Waals surface area contributed by atoms with E-state index in [0.717, 1.165) is 34.7 Å². The summed E-state index contributed by atoms with van der Waals surface area (Å²) in [5, 5.41) is 13.2. The topological polar surface area (TPSA) is 72.2 Å². The Morgan fingerprint density at radius 2 is 2.04 bits per heavy atom. The summed E-state index contributed by atoms with van der Waals surface area (Å²) in [7, 11) is 0. The average molecular weight is 381 g/mol. The number of halogens is 2. The van der Waals surface area contributed by atoms with Crippen molar-refractivity contribution in [1.29, 1.82) is 0 Å². The van der Waals surface area contributed by atoms with Gasteiger partial charge in [0, 0.05) is 17.1 Å². The van der Waals surface area contributed by atoms with E-state index in [1.165, 1.54) is 0 Å². The van der Waals surface area contributed by atoms with E-state index < -0.39 is 16.6 Å². The lowest BCUT2D eigenvalue weighted by atomic mass is 10.1. The summed E-state index contributed by atoms with van der Waals surface area (Å²) < 4.78 is 14.7. The van der Waals surface area contributed by atoms with Crippen molar-refractivity contribution in [3.05, 3.63) is 74.0 Å². The standard InChI is InChI=1S/C16H14BrFN2O3/c17-12-5-1-3-11(9-12)4-2-8-19-16(21)14-7-6-13(20(22)23)10-15(14)18/h1,3,5-7,9-10H,2,4,8H2,(H,19,21). The zero-order chi connectivity index (χ0) is 16.8. The molecule has 0 saturated carbocycles. The summed E-state index contributed by atoms with van der Waals surface area (Å²) in [5.74, 6) is -1.48. The van der Waals surface area contributed by atoms with Gasteiger partial charge in [0.1, 0.15) is 5.82 Å². The molecule has 1 N–H and O–H groups in total. The molecule has 0 unspecified atom stereocenters. The summed E-state index contributed by atoms with van der Waals surface area (Å²) in [5.41, 5.74) is 0.557. The summed E-state index contributed by atoms with van der Waals surface area (Å²) in [6.07, 6.45) is 1.49. The van der Waals surface area contributed by atoms with Crippen molar-refractivity contribution in [3.8, 4) is 0 Å². The molecular formula is C16H14BrFN2O3. The van der Waals surface area contributed by atoms with E-state index >= 15 is 0 Å². The number of nitro benzene ring substituents is 1. The molecule has 0 aliphatic rings. The first kappa shape index (κ1) is 17.1. The van der Waals surface area contributed by atoms with Crippen molar-refractivity contribution >= 4 is 27.5 Å². The largest absolute Gasteiger partial charge is 0.352 e. The molecule has 0 aliphatic carbocycles. The number of hydrogen-bond acceptors (Lipinski definition) is 3. The van der Waals surface area contributed by atoms with Gasteiger partial charge in [0.15, 0.2) is 0 Å². The van der Waals surface area contributed by atoms with Crippen LogP contribution in [0.2, 0.25) is 0 Å². The van der Waals surface area contributed by atoms with Crippen molar-refractivity contribution in [3.63, 3.8) is 0 Å². The Morgan fingerprint density at radius 1 is 1.26 bits per heavy atom. The number of non-ortho nitro benzene ring substituents is 1. The maximum absolute atomic E-state index is 13.7. The third-order valence-corrected chi connectivity index (χ3v) is 3.72. The predicted octanol–water partition coefficient (Wildman–Crippen LogP) is 3.86. The van der Waals surface area contributed by atoms with E-state index in [1.54, 1.807) is 0 Å². The highest BCUT2D eigenvalue weighted by Crippen LogP contribution is 2.16. The summed E-state index contributed by atoms with van der Waals surface area (Å²) in [4.78, 5) is 21.7. The lowest BCUT2D eigenvalue weighted by molar-refractivity contribution is -0.385. The van der Waals surface area contributed by atoms with Crippen LogP contribution in [0.1, 0.15) is 22.3 Å². The van der Waals surface area contributed by atoms with Crippen LogP contribution < -0.4 is 5.32 Å². The molecule has 0 saturated heterocycles. The number of nitrogens with zero attached hydrogens (tertiary/aromatic N) is 1. The molecule has 23 heavy (non-hydrogen) atoms. The lowest BCUT2D eigenvalue weighted by Crippen LogP contribution is -2.25. The third kappa shape index (κ3) is 4.85. The van der Waals surface area contributed by atoms with Crippen LogP contribution in [-0.4, -0.2) is 17.4 Å². The van der Waals surface area contributed by atoms with Crippen LogP contribution in [0.4, 0.5) is 10.1 Å². The Balaban J connectivity index is 1.86. The van der Waals surface area contributed by atoms with Gasteiger partial charge in [-0.25, -0.2) is 4.39 Å². The highest BCUT2D eigenvalue weighted by Gasteiger charge is 2.15. The number of hydrogen-bond donors (Lipinski definition) is 1. The van der Waals surface area contributed by atoms with E-state index in [4.69, 9.17) is 0 Å². The van der Waals surface area contributed by atoms with Crippen LogP contribution in [0.15, 0.2) is 46.9 Å². The second-order valence-electron chi connectivity index (χ2n) is 4.91. The van der Waals surface area contributed by atoms with Gasteiger partial charge in [-0.3, -0.25) is 14.9 Å². The SMILES string of the molecule is O=C(NCCCc1cccc(Br)c1)c1ccc([N+](=O)[O-])cc1F. The highest BCUT2D eigenvalue weighted by atomic mass is 79.9. The number of rotatable bonds is 6. The molecule has 5 nitrogen and oxygen atoms in total. The molecule has 7 heteroatoms. The average Bonchev–Trinajstić information content (AvgIpc) is 2.51. The van der Waals surface area contributed by atoms with Crippen LogP contribution in [0.3, 0.4) is 0 Å². The van der Waals surface area contributed by atoms with Crippen molar-refractivity contribution in [2.45, 2.75) is 12.8 Å². The monoisotopic (exact) mass is 380 g/mol. The second kappa shape index (κ2) is 7.82. The van der Waals surface area contributed by atoms with E-state index in [1.807, 2.05) is 24.3 Å². The van der Waals surface area contributed by atoms with Crippen molar-refractivity contribution in [2.24, 2.45) is 0 Å². The van der Waals surface area contributed by atoms with Gasteiger partial charge in [-0.05, 0) is 36.6 Å². The minimum Gasteiger partial charge on any atom is -0.352 e. The molecule has 2 aromatic rings. The van der Waals surface area contributed by atoms with E-state index in [2.05, 4.69) is 21.2 Å². The van der Waals surface area contributed by atoms with Gasteiger partial charge >= 0.3 is 0 Å². The van der Waals surface area contributed by atoms with Crippen LogP contribution >= 0.6 is 15.9 Å². The van der Waals surface area contributed by atoms with Gasteiger partial charge in [-0.1, -0.05) is 28.1 Å². The summed E-state index contributed by atoms with van der Waals surface area (Å²) in [6.45, 7) is 0.391. The molecule has 2 aromatic carbocycles. The zero-order valence-corrected chi connectivity index (χ0v) is 13.7. The molecule has 0 aliphatic heterocycles. The fourth-order valence-corrected chi connectivity index (χ4v) is 2.53. The molecule has 0 aromatic heterocycles. The summed E-state index contributed by atoms with van der Waals surface area (Å²) in [6, 6.07) is 10.8.